The molecule has 1 heterocycles. The van der Waals surface area contributed by atoms with Gasteiger partial charge in [-0.2, -0.15) is 0 Å². The van der Waals surface area contributed by atoms with Gasteiger partial charge in [-0.1, -0.05) is 0 Å². The van der Waals surface area contributed by atoms with E-state index < -0.39 is 0 Å². The average Bonchev–Trinajstić information content (AvgIpc) is 2.49. The lowest BCUT2D eigenvalue weighted by atomic mass is 10.2. The maximum atomic E-state index is 5.10. The minimum Gasteiger partial charge on any atom is -0.380 e. The Kier molecular flexibility index (Phi) is 2.56. The van der Waals surface area contributed by atoms with Crippen LogP contribution in [0, 0.1) is 0 Å². The molecule has 14 heavy (non-hydrogen) atoms. The van der Waals surface area contributed by atoms with Gasteiger partial charge in [-0.3, -0.25) is 0 Å². The maximum Gasteiger partial charge on any atom is 0.103 e. The number of aryl methyl sites for hydroxylation is 1. The largest absolute Gasteiger partial charge is 0.380 e. The first kappa shape index (κ1) is 9.68. The molecule has 0 unspecified atom stereocenters. The third-order valence-electron chi connectivity index (χ3n) is 2.15. The highest BCUT2D eigenvalue weighted by molar-refractivity contribution is 9.10. The van der Waals surface area contributed by atoms with E-state index in [0.29, 0.717) is 6.61 Å². The number of imidazole rings is 1. The summed E-state index contributed by atoms with van der Waals surface area (Å²) >= 11 is 3.50. The van der Waals surface area contributed by atoms with E-state index in [1.807, 2.05) is 24.0 Å². The summed E-state index contributed by atoms with van der Waals surface area (Å²) in [6.45, 7) is 0.625. The van der Waals surface area contributed by atoms with Crippen molar-refractivity contribution in [2.75, 3.05) is 7.11 Å². The van der Waals surface area contributed by atoms with Gasteiger partial charge in [0.1, 0.15) is 5.52 Å². The smallest absolute Gasteiger partial charge is 0.103 e. The van der Waals surface area contributed by atoms with E-state index in [2.05, 4.69) is 27.0 Å². The van der Waals surface area contributed by atoms with Crippen LogP contribution in [0.4, 0.5) is 0 Å². The number of aromatic nitrogens is 2. The van der Waals surface area contributed by atoms with Gasteiger partial charge in [-0.05, 0) is 33.6 Å². The lowest BCUT2D eigenvalue weighted by molar-refractivity contribution is 0.185. The Balaban J connectivity index is 2.63. The zero-order valence-electron chi connectivity index (χ0n) is 8.12. The fourth-order valence-electron chi connectivity index (χ4n) is 1.49. The SMILES string of the molecule is COCc1cc(Br)c2ncn(C)c2c1. The number of fused-ring (bicyclic) bond motifs is 1. The topological polar surface area (TPSA) is 27.1 Å². The van der Waals surface area contributed by atoms with Crippen LogP contribution in [0.3, 0.4) is 0 Å². The monoisotopic (exact) mass is 254 g/mol. The van der Waals surface area contributed by atoms with Crippen molar-refractivity contribution < 1.29 is 4.74 Å². The Morgan fingerprint density at radius 3 is 3.00 bits per heavy atom. The summed E-state index contributed by atoms with van der Waals surface area (Å²) in [5.41, 5.74) is 3.26. The van der Waals surface area contributed by atoms with E-state index in [4.69, 9.17) is 4.74 Å². The molecule has 0 aliphatic heterocycles. The van der Waals surface area contributed by atoms with Crippen molar-refractivity contribution in [2.45, 2.75) is 6.61 Å². The van der Waals surface area contributed by atoms with Crippen molar-refractivity contribution in [1.82, 2.24) is 9.55 Å². The first-order valence-corrected chi connectivity index (χ1v) is 5.10. The fraction of sp³-hybridized carbons (Fsp3) is 0.300. The van der Waals surface area contributed by atoms with Crippen LogP contribution in [0.5, 0.6) is 0 Å². The Morgan fingerprint density at radius 1 is 1.50 bits per heavy atom. The van der Waals surface area contributed by atoms with Gasteiger partial charge < -0.3 is 9.30 Å². The van der Waals surface area contributed by atoms with Crippen molar-refractivity contribution in [2.24, 2.45) is 7.05 Å². The molecular formula is C10H11BrN2O. The minimum atomic E-state index is 0.625. The molecule has 0 fully saturated rings. The number of ether oxygens (including phenoxy) is 1. The molecule has 0 saturated carbocycles. The van der Waals surface area contributed by atoms with Crippen LogP contribution >= 0.6 is 15.9 Å². The second-order valence-electron chi connectivity index (χ2n) is 3.23. The molecule has 0 aliphatic carbocycles. The summed E-state index contributed by atoms with van der Waals surface area (Å²) in [6.07, 6.45) is 1.81. The number of halogens is 1. The molecule has 1 aromatic carbocycles. The Bertz CT molecular complexity index is 464. The molecule has 0 amide bonds. The van der Waals surface area contributed by atoms with E-state index in [1.165, 1.54) is 0 Å². The van der Waals surface area contributed by atoms with Crippen LogP contribution < -0.4 is 0 Å². The summed E-state index contributed by atoms with van der Waals surface area (Å²) in [5, 5.41) is 0. The molecule has 0 spiro atoms. The van der Waals surface area contributed by atoms with Gasteiger partial charge in [-0.25, -0.2) is 4.98 Å². The van der Waals surface area contributed by atoms with Crippen molar-refractivity contribution >= 4 is 27.0 Å². The van der Waals surface area contributed by atoms with Crippen molar-refractivity contribution in [3.63, 3.8) is 0 Å². The van der Waals surface area contributed by atoms with Crippen LogP contribution in [0.2, 0.25) is 0 Å². The average molecular weight is 255 g/mol. The summed E-state index contributed by atoms with van der Waals surface area (Å²) < 4.78 is 8.11. The molecule has 0 saturated heterocycles. The minimum absolute atomic E-state index is 0.625. The molecule has 0 radical (unpaired) electrons. The normalized spacial score (nSPS) is 11.1. The van der Waals surface area contributed by atoms with Crippen LogP contribution in [0.25, 0.3) is 11.0 Å². The summed E-state index contributed by atoms with van der Waals surface area (Å²) in [4.78, 5) is 4.29. The van der Waals surface area contributed by atoms with E-state index in [0.717, 1.165) is 21.1 Å². The first-order chi connectivity index (χ1) is 6.72. The van der Waals surface area contributed by atoms with Crippen LogP contribution in [0.15, 0.2) is 22.9 Å². The molecule has 2 rings (SSSR count). The van der Waals surface area contributed by atoms with Gasteiger partial charge in [0.2, 0.25) is 0 Å². The van der Waals surface area contributed by atoms with E-state index in [1.54, 1.807) is 7.11 Å². The van der Waals surface area contributed by atoms with Crippen molar-refractivity contribution in [1.29, 1.82) is 0 Å². The molecule has 3 nitrogen and oxygen atoms in total. The highest BCUT2D eigenvalue weighted by Gasteiger charge is 2.05. The molecule has 4 heteroatoms. The van der Waals surface area contributed by atoms with Crippen LogP contribution in [0.1, 0.15) is 5.56 Å². The standard InChI is InChI=1S/C10H11BrN2O/c1-13-6-12-10-8(11)3-7(5-14-2)4-9(10)13/h3-4,6H,5H2,1-2H3. The zero-order valence-corrected chi connectivity index (χ0v) is 9.71. The third kappa shape index (κ3) is 1.55. The number of hydrogen-bond acceptors (Lipinski definition) is 2. The Hall–Kier alpha value is -0.870. The van der Waals surface area contributed by atoms with E-state index >= 15 is 0 Å². The number of hydrogen-bond donors (Lipinski definition) is 0. The predicted octanol–water partition coefficient (Wildman–Crippen LogP) is 2.48. The number of nitrogens with zero attached hydrogens (tertiary/aromatic N) is 2. The molecule has 2 aromatic rings. The zero-order chi connectivity index (χ0) is 10.1. The summed E-state index contributed by atoms with van der Waals surface area (Å²) in [6, 6.07) is 4.13. The molecule has 0 atom stereocenters. The number of benzene rings is 1. The Labute approximate surface area is 90.8 Å². The van der Waals surface area contributed by atoms with Gasteiger partial charge in [0, 0.05) is 18.6 Å². The molecular weight excluding hydrogens is 244 g/mol. The quantitative estimate of drug-likeness (QED) is 0.824. The van der Waals surface area contributed by atoms with E-state index in [-0.39, 0.29) is 0 Å². The Morgan fingerprint density at radius 2 is 2.29 bits per heavy atom. The molecule has 0 N–H and O–H groups in total. The number of rotatable bonds is 2. The highest BCUT2D eigenvalue weighted by Crippen LogP contribution is 2.24. The fourth-order valence-corrected chi connectivity index (χ4v) is 2.09. The highest BCUT2D eigenvalue weighted by atomic mass is 79.9. The van der Waals surface area contributed by atoms with Gasteiger partial charge in [0.05, 0.1) is 18.5 Å². The van der Waals surface area contributed by atoms with Crippen LogP contribution in [-0.4, -0.2) is 16.7 Å². The summed E-state index contributed by atoms with van der Waals surface area (Å²) in [5.74, 6) is 0. The lowest BCUT2D eigenvalue weighted by Crippen LogP contribution is -1.90. The molecule has 0 aliphatic rings. The molecule has 74 valence electrons. The maximum absolute atomic E-state index is 5.10. The van der Waals surface area contributed by atoms with Gasteiger partial charge in [-0.15, -0.1) is 0 Å². The molecule has 1 aromatic heterocycles. The third-order valence-corrected chi connectivity index (χ3v) is 2.76. The van der Waals surface area contributed by atoms with E-state index in [9.17, 15) is 0 Å². The second kappa shape index (κ2) is 3.71. The van der Waals surface area contributed by atoms with Crippen molar-refractivity contribution in [3.8, 4) is 0 Å². The van der Waals surface area contributed by atoms with Crippen LogP contribution in [-0.2, 0) is 18.4 Å². The molecule has 0 bridgehead atoms. The lowest BCUT2D eigenvalue weighted by Gasteiger charge is -2.02. The van der Waals surface area contributed by atoms with Crippen molar-refractivity contribution in [3.05, 3.63) is 28.5 Å². The van der Waals surface area contributed by atoms with Gasteiger partial charge in [0.25, 0.3) is 0 Å². The first-order valence-electron chi connectivity index (χ1n) is 4.30. The number of methoxy groups -OCH3 is 1. The predicted molar refractivity (Wildman–Crippen MR) is 59.1 cm³/mol. The van der Waals surface area contributed by atoms with Gasteiger partial charge in [0.15, 0.2) is 0 Å². The summed E-state index contributed by atoms with van der Waals surface area (Å²) in [7, 11) is 3.68. The second-order valence-corrected chi connectivity index (χ2v) is 4.09. The van der Waals surface area contributed by atoms with Gasteiger partial charge >= 0.3 is 0 Å².